The summed E-state index contributed by atoms with van der Waals surface area (Å²) in [7, 11) is 1.98. The zero-order valence-corrected chi connectivity index (χ0v) is 12.8. The fourth-order valence-corrected chi connectivity index (χ4v) is 3.08. The van der Waals surface area contributed by atoms with Gasteiger partial charge in [-0.2, -0.15) is 5.10 Å². The number of hydrogen-bond acceptors (Lipinski definition) is 2. The van der Waals surface area contributed by atoms with Crippen LogP contribution in [0, 0.1) is 6.92 Å². The van der Waals surface area contributed by atoms with Crippen LogP contribution in [0.3, 0.4) is 0 Å². The van der Waals surface area contributed by atoms with Crippen LogP contribution in [0.25, 0.3) is 10.9 Å². The Hall–Kier alpha value is -2.13. The van der Waals surface area contributed by atoms with Crippen LogP contribution in [0.4, 0.5) is 0 Å². The average molecular weight is 279 g/mol. The van der Waals surface area contributed by atoms with E-state index in [4.69, 9.17) is 5.73 Å². The molecule has 0 saturated carbocycles. The lowest BCUT2D eigenvalue weighted by Gasteiger charge is -2.26. The Morgan fingerprint density at radius 3 is 2.52 bits per heavy atom. The number of hydrogen-bond donors (Lipinski definition) is 1. The highest BCUT2D eigenvalue weighted by Crippen LogP contribution is 2.28. The maximum absolute atomic E-state index is 6.62. The fourth-order valence-electron chi connectivity index (χ4n) is 3.08. The number of aromatic nitrogens is 2. The minimum absolute atomic E-state index is 0.428. The normalized spacial score (nSPS) is 14.3. The molecule has 1 aromatic heterocycles. The molecule has 2 N–H and O–H groups in total. The molecule has 0 aliphatic rings. The van der Waals surface area contributed by atoms with Crippen molar-refractivity contribution in [2.45, 2.75) is 25.8 Å². The monoisotopic (exact) mass is 279 g/mol. The zero-order chi connectivity index (χ0) is 15.0. The molecule has 1 heterocycles. The smallest absolute Gasteiger partial charge is 0.0724 e. The molecule has 108 valence electrons. The summed E-state index contributed by atoms with van der Waals surface area (Å²) in [6.45, 7) is 4.19. The van der Waals surface area contributed by atoms with Gasteiger partial charge >= 0.3 is 0 Å². The summed E-state index contributed by atoms with van der Waals surface area (Å²) in [4.78, 5) is 0. The summed E-state index contributed by atoms with van der Waals surface area (Å²) in [5.74, 6) is 0. The lowest BCUT2D eigenvalue weighted by Crippen LogP contribution is -2.36. The second-order valence-electron chi connectivity index (χ2n) is 6.00. The van der Waals surface area contributed by atoms with Crippen LogP contribution in [-0.4, -0.2) is 9.78 Å². The Morgan fingerprint density at radius 1 is 1.10 bits per heavy atom. The van der Waals surface area contributed by atoms with Crippen molar-refractivity contribution in [1.29, 1.82) is 0 Å². The molecule has 0 fully saturated rings. The summed E-state index contributed by atoms with van der Waals surface area (Å²) >= 11 is 0. The number of nitrogens with two attached hydrogens (primary N) is 1. The van der Waals surface area contributed by atoms with E-state index in [1.165, 1.54) is 16.5 Å². The van der Waals surface area contributed by atoms with Crippen molar-refractivity contribution >= 4 is 10.9 Å². The van der Waals surface area contributed by atoms with Gasteiger partial charge in [0, 0.05) is 24.4 Å². The van der Waals surface area contributed by atoms with Crippen molar-refractivity contribution in [2.75, 3.05) is 0 Å². The summed E-state index contributed by atoms with van der Waals surface area (Å²) in [6, 6.07) is 16.6. The molecule has 0 amide bonds. The maximum atomic E-state index is 6.62. The molecule has 2 aromatic carbocycles. The maximum Gasteiger partial charge on any atom is 0.0724 e. The van der Waals surface area contributed by atoms with Crippen molar-refractivity contribution in [3.63, 3.8) is 0 Å². The third-order valence-corrected chi connectivity index (χ3v) is 4.13. The van der Waals surface area contributed by atoms with E-state index < -0.39 is 5.54 Å². The van der Waals surface area contributed by atoms with Crippen LogP contribution in [0.1, 0.15) is 23.7 Å². The van der Waals surface area contributed by atoms with Gasteiger partial charge in [-0.15, -0.1) is 0 Å². The van der Waals surface area contributed by atoms with Crippen LogP contribution >= 0.6 is 0 Å². The molecule has 1 atom stereocenters. The summed E-state index contributed by atoms with van der Waals surface area (Å²) < 4.78 is 1.93. The Kier molecular flexibility index (Phi) is 3.30. The number of nitrogens with zero attached hydrogens (tertiary/aromatic N) is 2. The zero-order valence-electron chi connectivity index (χ0n) is 12.8. The fraction of sp³-hybridized carbons (Fsp3) is 0.278. The first-order valence-corrected chi connectivity index (χ1v) is 7.24. The molecule has 0 aliphatic carbocycles. The number of para-hydroxylation sites is 1. The quantitative estimate of drug-likeness (QED) is 0.799. The van der Waals surface area contributed by atoms with Crippen LogP contribution in [0.5, 0.6) is 0 Å². The van der Waals surface area contributed by atoms with Gasteiger partial charge < -0.3 is 5.73 Å². The molecule has 3 nitrogen and oxygen atoms in total. The van der Waals surface area contributed by atoms with Crippen LogP contribution in [-0.2, 0) is 19.0 Å². The number of aryl methyl sites for hydroxylation is 2. The average Bonchev–Trinajstić information content (AvgIpc) is 2.76. The summed E-state index contributed by atoms with van der Waals surface area (Å²) in [5, 5.41) is 5.85. The first kappa shape index (κ1) is 13.8. The molecule has 3 rings (SSSR count). The van der Waals surface area contributed by atoms with Gasteiger partial charge in [-0.25, -0.2) is 0 Å². The molecular formula is C18H21N3. The van der Waals surface area contributed by atoms with E-state index in [1.54, 1.807) is 0 Å². The second-order valence-corrected chi connectivity index (χ2v) is 6.00. The predicted octanol–water partition coefficient (Wildman–Crippen LogP) is 3.30. The van der Waals surface area contributed by atoms with Gasteiger partial charge in [-0.3, -0.25) is 4.68 Å². The van der Waals surface area contributed by atoms with Crippen LogP contribution in [0.15, 0.2) is 48.5 Å². The minimum Gasteiger partial charge on any atom is -0.321 e. The lowest BCUT2D eigenvalue weighted by atomic mass is 9.85. The predicted molar refractivity (Wildman–Crippen MR) is 87.1 cm³/mol. The Morgan fingerprint density at radius 2 is 1.76 bits per heavy atom. The van der Waals surface area contributed by atoms with E-state index >= 15 is 0 Å². The molecule has 1 unspecified atom stereocenters. The third-order valence-electron chi connectivity index (χ3n) is 4.13. The van der Waals surface area contributed by atoms with Crippen molar-refractivity contribution in [3.05, 3.63) is 65.4 Å². The summed E-state index contributed by atoms with van der Waals surface area (Å²) in [5.41, 5.74) is 10.8. The Labute approximate surface area is 125 Å². The number of benzene rings is 2. The molecular weight excluding hydrogens is 258 g/mol. The van der Waals surface area contributed by atoms with Gasteiger partial charge in [-0.05, 0) is 31.0 Å². The van der Waals surface area contributed by atoms with E-state index in [9.17, 15) is 0 Å². The SMILES string of the molecule is Cc1ccccc1C(C)(N)Cc1nn(C)c2ccccc12. The number of fused-ring (bicyclic) bond motifs is 1. The first-order chi connectivity index (χ1) is 9.99. The lowest BCUT2D eigenvalue weighted by molar-refractivity contribution is 0.480. The highest BCUT2D eigenvalue weighted by atomic mass is 15.3. The van der Waals surface area contributed by atoms with Gasteiger partial charge in [-0.1, -0.05) is 42.5 Å². The molecule has 3 heteroatoms. The molecule has 3 aromatic rings. The van der Waals surface area contributed by atoms with Crippen molar-refractivity contribution < 1.29 is 0 Å². The molecule has 0 aliphatic heterocycles. The van der Waals surface area contributed by atoms with Gasteiger partial charge in [0.25, 0.3) is 0 Å². The number of rotatable bonds is 3. The molecule has 0 spiro atoms. The van der Waals surface area contributed by atoms with Gasteiger partial charge in [0.2, 0.25) is 0 Å². The Bertz CT molecular complexity index is 784. The van der Waals surface area contributed by atoms with E-state index in [-0.39, 0.29) is 0 Å². The Balaban J connectivity index is 2.04. The highest BCUT2D eigenvalue weighted by molar-refractivity contribution is 5.82. The van der Waals surface area contributed by atoms with Crippen molar-refractivity contribution in [3.8, 4) is 0 Å². The van der Waals surface area contributed by atoms with Gasteiger partial charge in [0.15, 0.2) is 0 Å². The molecule has 21 heavy (non-hydrogen) atoms. The van der Waals surface area contributed by atoms with Gasteiger partial charge in [0.05, 0.1) is 11.2 Å². The van der Waals surface area contributed by atoms with Crippen LogP contribution in [0.2, 0.25) is 0 Å². The van der Waals surface area contributed by atoms with E-state index in [2.05, 4.69) is 49.3 Å². The van der Waals surface area contributed by atoms with E-state index in [0.717, 1.165) is 17.6 Å². The first-order valence-electron chi connectivity index (χ1n) is 7.24. The van der Waals surface area contributed by atoms with Gasteiger partial charge in [0.1, 0.15) is 0 Å². The van der Waals surface area contributed by atoms with Crippen molar-refractivity contribution in [2.24, 2.45) is 12.8 Å². The minimum atomic E-state index is -0.428. The highest BCUT2D eigenvalue weighted by Gasteiger charge is 2.25. The molecule has 0 bridgehead atoms. The van der Waals surface area contributed by atoms with Crippen molar-refractivity contribution in [1.82, 2.24) is 9.78 Å². The second kappa shape index (κ2) is 5.01. The van der Waals surface area contributed by atoms with Crippen LogP contribution < -0.4 is 5.73 Å². The van der Waals surface area contributed by atoms with E-state index in [1.807, 2.05) is 29.9 Å². The largest absolute Gasteiger partial charge is 0.321 e. The topological polar surface area (TPSA) is 43.8 Å². The summed E-state index contributed by atoms with van der Waals surface area (Å²) in [6.07, 6.45) is 0.721. The molecule has 0 radical (unpaired) electrons. The standard InChI is InChI=1S/C18H21N3/c1-13-8-4-6-10-15(13)18(2,19)12-16-14-9-5-7-11-17(14)21(3)20-16/h4-11H,12,19H2,1-3H3. The van der Waals surface area contributed by atoms with E-state index in [0.29, 0.717) is 0 Å². The molecule has 0 saturated heterocycles. The third kappa shape index (κ3) is 2.45.